The smallest absolute Gasteiger partial charge is 0.279 e. The maximum atomic E-state index is 12.6. The summed E-state index contributed by atoms with van der Waals surface area (Å²) in [7, 11) is 0. The van der Waals surface area contributed by atoms with Crippen molar-refractivity contribution < 1.29 is 10.1 Å². The van der Waals surface area contributed by atoms with Crippen LogP contribution in [0.5, 0.6) is 0 Å². The lowest BCUT2D eigenvalue weighted by atomic mass is 10.0. The molecule has 3 rings (SSSR count). The van der Waals surface area contributed by atoms with Crippen molar-refractivity contribution in [1.29, 1.82) is 0 Å². The average Bonchev–Trinajstić information content (AvgIpc) is 3.14. The molecule has 0 saturated heterocycles. The fourth-order valence-electron chi connectivity index (χ4n) is 3.45. The molecule has 0 aliphatic heterocycles. The third-order valence-corrected chi connectivity index (χ3v) is 5.72. The molecule has 1 aromatic heterocycles. The van der Waals surface area contributed by atoms with E-state index in [-0.39, 0.29) is 11.9 Å². The third kappa shape index (κ3) is 4.85. The molecule has 3 nitrogen and oxygen atoms in total. The highest BCUT2D eigenvalue weighted by molar-refractivity contribution is 7.10. The number of benzene rings is 2. The Morgan fingerprint density at radius 1 is 1.00 bits per heavy atom. The molecule has 0 unspecified atom stereocenters. The van der Waals surface area contributed by atoms with Gasteiger partial charge >= 0.3 is 0 Å². The molecule has 2 aromatic carbocycles. The van der Waals surface area contributed by atoms with Gasteiger partial charge in [-0.25, -0.2) is 0 Å². The number of hydrogen-bond donors (Lipinski definition) is 2. The largest absolute Gasteiger partial charge is 0.328 e. The predicted octanol–water partition coefficient (Wildman–Crippen LogP) is 4.27. The number of carbonyl (C=O) groups excluding carboxylic acids is 1. The van der Waals surface area contributed by atoms with Gasteiger partial charge in [-0.05, 0) is 50.3 Å². The van der Waals surface area contributed by atoms with Gasteiger partial charge in [0.25, 0.3) is 5.91 Å². The molecule has 4 heteroatoms. The molecule has 3 N–H and O–H groups in total. The number of amides is 1. The Labute approximate surface area is 165 Å². The average molecular weight is 380 g/mol. The lowest BCUT2D eigenvalue weighted by Crippen LogP contribution is -2.87. The number of quaternary nitrogens is 1. The van der Waals surface area contributed by atoms with E-state index in [1.807, 2.05) is 13.8 Å². The first-order valence-corrected chi connectivity index (χ1v) is 10.1. The quantitative estimate of drug-likeness (QED) is 0.660. The maximum Gasteiger partial charge on any atom is 0.279 e. The molecule has 0 saturated carbocycles. The molecule has 0 fully saturated rings. The summed E-state index contributed by atoms with van der Waals surface area (Å²) in [6.45, 7) is 8.63. The second-order valence-electron chi connectivity index (χ2n) is 7.17. The van der Waals surface area contributed by atoms with E-state index in [2.05, 4.69) is 78.4 Å². The van der Waals surface area contributed by atoms with Crippen molar-refractivity contribution in [2.45, 2.75) is 33.7 Å². The summed E-state index contributed by atoms with van der Waals surface area (Å²) in [5.74, 6) is 0.0266. The highest BCUT2D eigenvalue weighted by atomic mass is 32.1. The second-order valence-corrected chi connectivity index (χ2v) is 8.14. The van der Waals surface area contributed by atoms with Crippen LogP contribution in [0, 0.1) is 27.7 Å². The van der Waals surface area contributed by atoms with E-state index in [4.69, 9.17) is 0 Å². The summed E-state index contributed by atoms with van der Waals surface area (Å²) in [5.41, 5.74) is 6.82. The number of nitrogens with two attached hydrogens (primary N) is 1. The molecule has 0 bridgehead atoms. The monoisotopic (exact) mass is 379 g/mol. The van der Waals surface area contributed by atoms with E-state index in [0.29, 0.717) is 6.54 Å². The maximum absolute atomic E-state index is 12.6. The van der Waals surface area contributed by atoms with Crippen LogP contribution in [-0.2, 0) is 4.79 Å². The zero-order chi connectivity index (χ0) is 19.4. The summed E-state index contributed by atoms with van der Waals surface area (Å²) in [6, 6.07) is 17.1. The van der Waals surface area contributed by atoms with Crippen LogP contribution in [0.15, 0.2) is 53.9 Å². The Balaban J connectivity index is 1.72. The minimum Gasteiger partial charge on any atom is -0.328 e. The van der Waals surface area contributed by atoms with Crippen molar-refractivity contribution in [1.82, 2.24) is 0 Å². The number of nitrogens with one attached hydrogen (secondary N) is 1. The first-order chi connectivity index (χ1) is 12.9. The summed E-state index contributed by atoms with van der Waals surface area (Å²) in [6.07, 6.45) is 0. The van der Waals surface area contributed by atoms with Crippen molar-refractivity contribution in [2.75, 3.05) is 11.9 Å². The van der Waals surface area contributed by atoms with Crippen LogP contribution in [-0.4, -0.2) is 12.5 Å². The molecule has 1 heterocycles. The molecule has 0 aliphatic rings. The molecule has 1 atom stereocenters. The van der Waals surface area contributed by atoms with Crippen LogP contribution in [0.4, 0.5) is 5.69 Å². The van der Waals surface area contributed by atoms with E-state index in [1.54, 1.807) is 11.3 Å². The number of hydrogen-bond acceptors (Lipinski definition) is 2. The summed E-state index contributed by atoms with van der Waals surface area (Å²) in [5, 5.41) is 7.30. The van der Waals surface area contributed by atoms with Gasteiger partial charge in [0.05, 0.1) is 4.88 Å². The van der Waals surface area contributed by atoms with E-state index in [1.165, 1.54) is 21.6 Å². The zero-order valence-corrected chi connectivity index (χ0v) is 17.2. The number of thiophene rings is 1. The van der Waals surface area contributed by atoms with Gasteiger partial charge in [0.2, 0.25) is 0 Å². The highest BCUT2D eigenvalue weighted by Crippen LogP contribution is 2.23. The van der Waals surface area contributed by atoms with Gasteiger partial charge in [0, 0.05) is 11.3 Å². The first kappa shape index (κ1) is 19.3. The number of carbonyl (C=O) groups is 1. The SMILES string of the molecule is Cc1ccc([C@H]([NH2+]CC(=O)Nc2c(C)cc(C)cc2C)c2cccs2)cc1. The van der Waals surface area contributed by atoms with Crippen LogP contribution in [0.3, 0.4) is 0 Å². The zero-order valence-electron chi connectivity index (χ0n) is 16.4. The minimum absolute atomic E-state index is 0.0266. The third-order valence-electron chi connectivity index (χ3n) is 4.77. The predicted molar refractivity (Wildman–Crippen MR) is 113 cm³/mol. The minimum atomic E-state index is 0.0266. The number of anilines is 1. The van der Waals surface area contributed by atoms with Crippen LogP contribution in [0.1, 0.15) is 38.7 Å². The fourth-order valence-corrected chi connectivity index (χ4v) is 4.30. The number of rotatable bonds is 6. The Hall–Kier alpha value is -2.43. The molecular formula is C23H27N2OS+. The van der Waals surface area contributed by atoms with Crippen molar-refractivity contribution >= 4 is 22.9 Å². The fraction of sp³-hybridized carbons (Fsp3) is 0.261. The molecular weight excluding hydrogens is 352 g/mol. The summed E-state index contributed by atoms with van der Waals surface area (Å²) in [4.78, 5) is 13.9. The van der Waals surface area contributed by atoms with Gasteiger partial charge in [-0.15, -0.1) is 11.3 Å². The van der Waals surface area contributed by atoms with Crippen LogP contribution < -0.4 is 10.6 Å². The topological polar surface area (TPSA) is 45.7 Å². The van der Waals surface area contributed by atoms with Crippen molar-refractivity contribution in [2.24, 2.45) is 0 Å². The number of aryl methyl sites for hydroxylation is 4. The van der Waals surface area contributed by atoms with Gasteiger partial charge in [0.1, 0.15) is 6.04 Å². The molecule has 1 amide bonds. The van der Waals surface area contributed by atoms with Crippen LogP contribution >= 0.6 is 11.3 Å². The van der Waals surface area contributed by atoms with Crippen molar-refractivity contribution in [3.05, 3.63) is 86.6 Å². The van der Waals surface area contributed by atoms with E-state index >= 15 is 0 Å². The van der Waals surface area contributed by atoms with Crippen LogP contribution in [0.2, 0.25) is 0 Å². The molecule has 140 valence electrons. The lowest BCUT2D eigenvalue weighted by molar-refractivity contribution is -0.675. The Morgan fingerprint density at radius 3 is 2.26 bits per heavy atom. The Bertz CT molecular complexity index is 891. The molecule has 27 heavy (non-hydrogen) atoms. The molecule has 0 spiro atoms. The standard InChI is InChI=1S/C23H26N2OS/c1-15-7-9-19(10-8-15)23(20-6-5-11-27-20)24-14-21(26)25-22-17(3)12-16(2)13-18(22)4/h5-13,23-24H,14H2,1-4H3,(H,25,26)/p+1/t23-/m0/s1. The van der Waals surface area contributed by atoms with E-state index in [9.17, 15) is 4.79 Å². The normalized spacial score (nSPS) is 12.0. The highest BCUT2D eigenvalue weighted by Gasteiger charge is 2.20. The first-order valence-electron chi connectivity index (χ1n) is 9.25. The van der Waals surface area contributed by atoms with Gasteiger partial charge < -0.3 is 10.6 Å². The summed E-state index contributed by atoms with van der Waals surface area (Å²) < 4.78 is 0. The second kappa shape index (κ2) is 8.51. The van der Waals surface area contributed by atoms with Gasteiger partial charge in [-0.2, -0.15) is 0 Å². The van der Waals surface area contributed by atoms with Crippen molar-refractivity contribution in [3.63, 3.8) is 0 Å². The van der Waals surface area contributed by atoms with Crippen LogP contribution in [0.25, 0.3) is 0 Å². The molecule has 3 aromatic rings. The van der Waals surface area contributed by atoms with Gasteiger partial charge in [-0.3, -0.25) is 4.79 Å². The van der Waals surface area contributed by atoms with Gasteiger partial charge in [0.15, 0.2) is 6.54 Å². The Kier molecular flexibility index (Phi) is 6.09. The molecule has 0 radical (unpaired) electrons. The summed E-state index contributed by atoms with van der Waals surface area (Å²) >= 11 is 1.73. The lowest BCUT2D eigenvalue weighted by Gasteiger charge is -2.16. The molecule has 0 aliphatic carbocycles. The van der Waals surface area contributed by atoms with E-state index in [0.717, 1.165) is 16.8 Å². The van der Waals surface area contributed by atoms with E-state index < -0.39 is 0 Å². The van der Waals surface area contributed by atoms with Crippen molar-refractivity contribution in [3.8, 4) is 0 Å². The Morgan fingerprint density at radius 2 is 1.67 bits per heavy atom. The van der Waals surface area contributed by atoms with Gasteiger partial charge in [-0.1, -0.05) is 53.6 Å².